The lowest BCUT2D eigenvalue weighted by Crippen LogP contribution is -2.45. The fraction of sp³-hybridized carbons (Fsp3) is 0.355. The van der Waals surface area contributed by atoms with Crippen molar-refractivity contribution < 1.29 is 19.1 Å². The van der Waals surface area contributed by atoms with E-state index in [1.165, 1.54) is 0 Å². The van der Waals surface area contributed by atoms with Gasteiger partial charge in [-0.05, 0) is 66.6 Å². The van der Waals surface area contributed by atoms with Crippen LogP contribution in [0.3, 0.4) is 0 Å². The van der Waals surface area contributed by atoms with Crippen LogP contribution in [0.2, 0.25) is 5.02 Å². The molecule has 0 aliphatic carbocycles. The Hall–Kier alpha value is -3.79. The maximum atomic E-state index is 13.1. The van der Waals surface area contributed by atoms with Crippen LogP contribution in [0.15, 0.2) is 60.9 Å². The number of carbonyl (C=O) groups excluding carboxylic acids is 2. The number of rotatable bonds is 8. The van der Waals surface area contributed by atoms with Crippen LogP contribution in [-0.2, 0) is 33.7 Å². The lowest BCUT2D eigenvalue weighted by molar-refractivity contribution is -0.137. The van der Waals surface area contributed by atoms with Crippen LogP contribution in [0.1, 0.15) is 58.2 Å². The van der Waals surface area contributed by atoms with Crippen molar-refractivity contribution in [2.24, 2.45) is 0 Å². The molecular formula is C31H32ClN5O4. The van der Waals surface area contributed by atoms with E-state index in [0.717, 1.165) is 52.5 Å². The molecule has 4 aromatic rings. The number of aromatic nitrogens is 3. The molecule has 2 aliphatic heterocycles. The van der Waals surface area contributed by atoms with Crippen LogP contribution in [0, 0.1) is 0 Å². The van der Waals surface area contributed by atoms with Crippen molar-refractivity contribution in [2.45, 2.75) is 51.0 Å². The number of halogens is 1. The minimum absolute atomic E-state index is 0.0648. The quantitative estimate of drug-likeness (QED) is 0.324. The molecule has 2 atom stereocenters. The molecular weight excluding hydrogens is 542 g/mol. The lowest BCUT2D eigenvalue weighted by Gasteiger charge is -2.23. The first-order valence-electron chi connectivity index (χ1n) is 14.0. The molecule has 6 rings (SSSR count). The fourth-order valence-corrected chi connectivity index (χ4v) is 5.55. The first-order valence-corrected chi connectivity index (χ1v) is 14.4. The zero-order valence-electron chi connectivity index (χ0n) is 22.6. The topological polar surface area (TPSA) is 107 Å². The molecule has 2 unspecified atom stereocenters. The number of fused-ring (bicyclic) bond motifs is 1. The number of nitrogens with zero attached hydrogens (tertiary/aromatic N) is 3. The van der Waals surface area contributed by atoms with Crippen molar-refractivity contribution in [2.75, 3.05) is 19.8 Å². The monoisotopic (exact) mass is 573 g/mol. The van der Waals surface area contributed by atoms with Crippen molar-refractivity contribution in [3.63, 3.8) is 0 Å². The molecule has 0 saturated carbocycles. The van der Waals surface area contributed by atoms with Gasteiger partial charge in [0.2, 0.25) is 5.91 Å². The third-order valence-electron chi connectivity index (χ3n) is 7.51. The summed E-state index contributed by atoms with van der Waals surface area (Å²) in [6, 6.07) is 15.6. The maximum Gasteiger partial charge on any atom is 0.253 e. The molecule has 2 aromatic heterocycles. The summed E-state index contributed by atoms with van der Waals surface area (Å²) in [6.45, 7) is 2.07. The molecule has 212 valence electrons. The van der Waals surface area contributed by atoms with Crippen molar-refractivity contribution in [3.05, 3.63) is 93.9 Å². The number of hydrogen-bond donors (Lipinski definition) is 2. The van der Waals surface area contributed by atoms with Gasteiger partial charge in [-0.15, -0.1) is 0 Å². The van der Waals surface area contributed by atoms with Gasteiger partial charge in [-0.25, -0.2) is 4.68 Å². The Kier molecular flexibility index (Phi) is 8.27. The number of pyridine rings is 1. The minimum atomic E-state index is -0.446. The van der Waals surface area contributed by atoms with E-state index in [1.54, 1.807) is 12.4 Å². The number of hydrogen-bond acceptors (Lipinski definition) is 6. The molecule has 2 aliphatic rings. The average molecular weight is 574 g/mol. The van der Waals surface area contributed by atoms with E-state index in [-0.39, 0.29) is 24.6 Å². The van der Waals surface area contributed by atoms with Crippen LogP contribution in [-0.4, -0.2) is 52.4 Å². The highest BCUT2D eigenvalue weighted by Crippen LogP contribution is 2.30. The summed E-state index contributed by atoms with van der Waals surface area (Å²) in [4.78, 5) is 29.4. The van der Waals surface area contributed by atoms with E-state index in [0.29, 0.717) is 43.2 Å². The molecule has 0 bridgehead atoms. The van der Waals surface area contributed by atoms with E-state index in [9.17, 15) is 9.59 Å². The normalized spacial score (nSPS) is 19.2. The van der Waals surface area contributed by atoms with Gasteiger partial charge in [0, 0.05) is 42.4 Å². The summed E-state index contributed by atoms with van der Waals surface area (Å²) in [5.74, 6) is -0.288. The highest BCUT2D eigenvalue weighted by atomic mass is 35.5. The van der Waals surface area contributed by atoms with E-state index < -0.39 is 6.10 Å². The molecule has 10 heteroatoms. The maximum absolute atomic E-state index is 13.1. The second-order valence-electron chi connectivity index (χ2n) is 10.5. The average Bonchev–Trinajstić information content (AvgIpc) is 3.36. The van der Waals surface area contributed by atoms with Gasteiger partial charge >= 0.3 is 0 Å². The van der Waals surface area contributed by atoms with Crippen molar-refractivity contribution in [1.82, 2.24) is 25.4 Å². The van der Waals surface area contributed by atoms with E-state index in [1.807, 2.05) is 53.2 Å². The van der Waals surface area contributed by atoms with Crippen LogP contribution in [0.5, 0.6) is 0 Å². The molecule has 4 heterocycles. The number of carbonyl (C=O) groups is 2. The standard InChI is InChI=1S/C31H32ClN5O4/c32-24-8-9-27-25(16-24)26(36-37(27)29-3-1-2-11-41-29)19-35-30(38)23-14-22(17-33-18-23)13-20-4-6-21(7-5-20)15-28-31(39)34-10-12-40-28/h4-9,14,16-18,28-29H,1-3,10-13,15,19H2,(H,34,39)(H,35,38). The second-order valence-corrected chi connectivity index (χ2v) is 10.9. The zero-order chi connectivity index (χ0) is 28.2. The van der Waals surface area contributed by atoms with Gasteiger partial charge < -0.3 is 20.1 Å². The number of amides is 2. The van der Waals surface area contributed by atoms with Gasteiger partial charge in [-0.1, -0.05) is 35.9 Å². The number of nitrogens with one attached hydrogen (secondary N) is 2. The highest BCUT2D eigenvalue weighted by molar-refractivity contribution is 6.31. The summed E-state index contributed by atoms with van der Waals surface area (Å²) in [6.07, 6.45) is 6.99. The Labute approximate surface area is 243 Å². The van der Waals surface area contributed by atoms with E-state index in [4.69, 9.17) is 26.2 Å². The predicted molar refractivity (Wildman–Crippen MR) is 155 cm³/mol. The Morgan fingerprint density at radius 2 is 1.88 bits per heavy atom. The Morgan fingerprint density at radius 3 is 2.68 bits per heavy atom. The van der Waals surface area contributed by atoms with Crippen LogP contribution < -0.4 is 10.6 Å². The van der Waals surface area contributed by atoms with Crippen molar-refractivity contribution >= 4 is 34.3 Å². The first kappa shape index (κ1) is 27.4. The third kappa shape index (κ3) is 6.43. The molecule has 2 aromatic carbocycles. The Balaban J connectivity index is 1.11. The second kappa shape index (κ2) is 12.4. The minimum Gasteiger partial charge on any atom is -0.366 e. The van der Waals surface area contributed by atoms with Crippen LogP contribution in [0.25, 0.3) is 10.9 Å². The van der Waals surface area contributed by atoms with Gasteiger partial charge in [-0.3, -0.25) is 14.6 Å². The van der Waals surface area contributed by atoms with Crippen LogP contribution >= 0.6 is 11.6 Å². The zero-order valence-corrected chi connectivity index (χ0v) is 23.4. The van der Waals surface area contributed by atoms with Gasteiger partial charge in [0.15, 0.2) is 6.23 Å². The number of ether oxygens (including phenoxy) is 2. The fourth-order valence-electron chi connectivity index (χ4n) is 5.38. The van der Waals surface area contributed by atoms with Crippen molar-refractivity contribution in [1.29, 1.82) is 0 Å². The third-order valence-corrected chi connectivity index (χ3v) is 7.75. The highest BCUT2D eigenvalue weighted by Gasteiger charge is 2.23. The summed E-state index contributed by atoms with van der Waals surface area (Å²) in [5, 5.41) is 12.2. The lowest BCUT2D eigenvalue weighted by atomic mass is 10.0. The first-order chi connectivity index (χ1) is 20.0. The van der Waals surface area contributed by atoms with Gasteiger partial charge in [0.25, 0.3) is 5.91 Å². The summed E-state index contributed by atoms with van der Waals surface area (Å²) >= 11 is 6.30. The molecule has 2 amide bonds. The van der Waals surface area contributed by atoms with Gasteiger partial charge in [0.05, 0.1) is 29.9 Å². The van der Waals surface area contributed by atoms with Gasteiger partial charge in [-0.2, -0.15) is 5.10 Å². The summed E-state index contributed by atoms with van der Waals surface area (Å²) in [7, 11) is 0. The molecule has 0 radical (unpaired) electrons. The SMILES string of the molecule is O=C(NCc1nn(C2CCCCO2)c2ccc(Cl)cc12)c1cncc(Cc2ccc(CC3OCCNC3=O)cc2)c1. The van der Waals surface area contributed by atoms with Crippen LogP contribution in [0.4, 0.5) is 0 Å². The largest absolute Gasteiger partial charge is 0.366 e. The van der Waals surface area contributed by atoms with Gasteiger partial charge in [0.1, 0.15) is 6.10 Å². The number of benzene rings is 2. The molecule has 41 heavy (non-hydrogen) atoms. The number of morpholine rings is 1. The van der Waals surface area contributed by atoms with Crippen molar-refractivity contribution in [3.8, 4) is 0 Å². The Bertz CT molecular complexity index is 1550. The predicted octanol–water partition coefficient (Wildman–Crippen LogP) is 4.36. The van der Waals surface area contributed by atoms with E-state index >= 15 is 0 Å². The Morgan fingerprint density at radius 1 is 1.02 bits per heavy atom. The summed E-state index contributed by atoms with van der Waals surface area (Å²) in [5.41, 5.74) is 5.21. The smallest absolute Gasteiger partial charge is 0.253 e. The molecule has 0 spiro atoms. The molecule has 9 nitrogen and oxygen atoms in total. The molecule has 2 saturated heterocycles. The molecule has 2 N–H and O–H groups in total. The van der Waals surface area contributed by atoms with E-state index in [2.05, 4.69) is 15.6 Å². The molecule has 2 fully saturated rings. The summed E-state index contributed by atoms with van der Waals surface area (Å²) < 4.78 is 13.5.